The molecule has 0 aliphatic rings. The van der Waals surface area contributed by atoms with Gasteiger partial charge in [-0.15, -0.1) is 5.10 Å². The summed E-state index contributed by atoms with van der Waals surface area (Å²) in [4.78, 5) is 8.79. The highest BCUT2D eigenvalue weighted by molar-refractivity contribution is 5.72. The van der Waals surface area contributed by atoms with Gasteiger partial charge in [-0.05, 0) is 45.0 Å². The molecule has 0 saturated carbocycles. The van der Waals surface area contributed by atoms with Gasteiger partial charge >= 0.3 is 0 Å². The van der Waals surface area contributed by atoms with Gasteiger partial charge in [-0.25, -0.2) is 4.98 Å². The van der Waals surface area contributed by atoms with Crippen LogP contribution in [-0.2, 0) is 0 Å². The summed E-state index contributed by atoms with van der Waals surface area (Å²) >= 11 is 0. The van der Waals surface area contributed by atoms with Gasteiger partial charge in [0.05, 0.1) is 19.0 Å². The maximum absolute atomic E-state index is 5.17. The molecule has 22 heavy (non-hydrogen) atoms. The number of methoxy groups -OCH3 is 1. The Morgan fingerprint density at radius 1 is 1.14 bits per heavy atom. The van der Waals surface area contributed by atoms with Crippen LogP contribution in [0.25, 0.3) is 16.9 Å². The highest BCUT2D eigenvalue weighted by Crippen LogP contribution is 2.19. The normalized spacial score (nSPS) is 11.6. The van der Waals surface area contributed by atoms with Crippen LogP contribution in [0, 0.1) is 0 Å². The molecule has 0 unspecified atom stereocenters. The number of aromatic nitrogens is 5. The third kappa shape index (κ3) is 2.83. The maximum Gasteiger partial charge on any atom is 0.225 e. The molecule has 0 bridgehead atoms. The van der Waals surface area contributed by atoms with Gasteiger partial charge in [0.2, 0.25) is 5.95 Å². The lowest BCUT2D eigenvalue weighted by molar-refractivity contribution is 0.414. The largest absolute Gasteiger partial charge is 0.497 e. The molecule has 0 aliphatic carbocycles. The molecular formula is C15H18N6O. The van der Waals surface area contributed by atoms with Crippen molar-refractivity contribution in [3.05, 3.63) is 30.5 Å². The maximum atomic E-state index is 5.17. The molecule has 3 rings (SSSR count). The van der Waals surface area contributed by atoms with Gasteiger partial charge in [-0.3, -0.25) is 0 Å². The lowest BCUT2D eigenvalue weighted by atomic mass is 10.1. The van der Waals surface area contributed by atoms with Crippen molar-refractivity contribution in [3.8, 4) is 11.4 Å². The van der Waals surface area contributed by atoms with Crippen LogP contribution in [-0.4, -0.2) is 37.6 Å². The van der Waals surface area contributed by atoms with E-state index in [1.54, 1.807) is 18.0 Å². The number of anilines is 1. The summed E-state index contributed by atoms with van der Waals surface area (Å²) in [5, 5.41) is 11.5. The summed E-state index contributed by atoms with van der Waals surface area (Å²) in [6.07, 6.45) is 1.67. The molecule has 7 heteroatoms. The number of rotatable bonds is 3. The fourth-order valence-electron chi connectivity index (χ4n) is 2.02. The number of nitrogens with zero attached hydrogens (tertiary/aromatic N) is 5. The van der Waals surface area contributed by atoms with Gasteiger partial charge in [0, 0.05) is 5.54 Å². The quantitative estimate of drug-likeness (QED) is 0.800. The first-order chi connectivity index (χ1) is 10.5. The summed E-state index contributed by atoms with van der Waals surface area (Å²) in [7, 11) is 1.64. The van der Waals surface area contributed by atoms with E-state index in [2.05, 4.69) is 46.4 Å². The van der Waals surface area contributed by atoms with Gasteiger partial charge in [-0.1, -0.05) is 5.21 Å². The lowest BCUT2D eigenvalue weighted by Crippen LogP contribution is -2.27. The molecule has 3 aromatic rings. The minimum Gasteiger partial charge on any atom is -0.497 e. The number of nitrogens with one attached hydrogen (secondary N) is 1. The standard InChI is InChI=1S/C15H18N6O/c1-15(2,3)18-14-16-9-12-13(17-14)21(20-19-12)10-5-7-11(22-4)8-6-10/h5-9H,1-4H3,(H,16,17,18). The zero-order valence-electron chi connectivity index (χ0n) is 13.0. The van der Waals surface area contributed by atoms with E-state index in [9.17, 15) is 0 Å². The Bertz CT molecular complexity index is 788. The Kier molecular flexibility index (Phi) is 3.40. The van der Waals surface area contributed by atoms with Gasteiger partial charge in [0.15, 0.2) is 11.2 Å². The molecule has 2 aromatic heterocycles. The second-order valence-electron chi connectivity index (χ2n) is 5.98. The van der Waals surface area contributed by atoms with E-state index in [1.165, 1.54) is 0 Å². The number of hydrogen-bond acceptors (Lipinski definition) is 6. The first-order valence-corrected chi connectivity index (χ1v) is 6.97. The lowest BCUT2D eigenvalue weighted by Gasteiger charge is -2.20. The van der Waals surface area contributed by atoms with E-state index >= 15 is 0 Å². The van der Waals surface area contributed by atoms with E-state index in [0.29, 0.717) is 17.1 Å². The topological polar surface area (TPSA) is 77.8 Å². The van der Waals surface area contributed by atoms with Gasteiger partial charge in [0.25, 0.3) is 0 Å². The van der Waals surface area contributed by atoms with Gasteiger partial charge in [0.1, 0.15) is 5.75 Å². The number of fused-ring (bicyclic) bond motifs is 1. The van der Waals surface area contributed by atoms with Crippen molar-refractivity contribution in [3.63, 3.8) is 0 Å². The van der Waals surface area contributed by atoms with E-state index in [-0.39, 0.29) is 5.54 Å². The molecule has 0 spiro atoms. The van der Waals surface area contributed by atoms with Crippen LogP contribution in [0.2, 0.25) is 0 Å². The molecule has 7 nitrogen and oxygen atoms in total. The molecule has 1 aromatic carbocycles. The number of benzene rings is 1. The fourth-order valence-corrected chi connectivity index (χ4v) is 2.02. The zero-order chi connectivity index (χ0) is 15.7. The molecule has 0 fully saturated rings. The van der Waals surface area contributed by atoms with E-state index in [4.69, 9.17) is 4.74 Å². The number of hydrogen-bond donors (Lipinski definition) is 1. The van der Waals surface area contributed by atoms with Crippen LogP contribution in [0.1, 0.15) is 20.8 Å². The Morgan fingerprint density at radius 2 is 1.86 bits per heavy atom. The monoisotopic (exact) mass is 298 g/mol. The molecule has 114 valence electrons. The predicted molar refractivity (Wildman–Crippen MR) is 84.4 cm³/mol. The third-order valence-electron chi connectivity index (χ3n) is 3.00. The fraction of sp³-hybridized carbons (Fsp3) is 0.333. The minimum absolute atomic E-state index is 0.119. The van der Waals surface area contributed by atoms with Crippen molar-refractivity contribution in [2.24, 2.45) is 0 Å². The van der Waals surface area contributed by atoms with Gasteiger partial charge < -0.3 is 10.1 Å². The molecule has 2 heterocycles. The third-order valence-corrected chi connectivity index (χ3v) is 3.00. The van der Waals surface area contributed by atoms with E-state index < -0.39 is 0 Å². The minimum atomic E-state index is -0.119. The van der Waals surface area contributed by atoms with Crippen molar-refractivity contribution >= 4 is 17.1 Å². The zero-order valence-corrected chi connectivity index (χ0v) is 13.0. The van der Waals surface area contributed by atoms with Crippen LogP contribution in [0.5, 0.6) is 5.75 Å². The van der Waals surface area contributed by atoms with Crippen molar-refractivity contribution in [2.45, 2.75) is 26.3 Å². The Hall–Kier alpha value is -2.70. The Morgan fingerprint density at radius 3 is 2.50 bits per heavy atom. The summed E-state index contributed by atoms with van der Waals surface area (Å²) in [5.41, 5.74) is 2.05. The molecule has 0 atom stereocenters. The second-order valence-corrected chi connectivity index (χ2v) is 5.98. The van der Waals surface area contributed by atoms with Crippen LogP contribution in [0.15, 0.2) is 30.5 Å². The number of ether oxygens (including phenoxy) is 1. The van der Waals surface area contributed by atoms with Crippen LogP contribution < -0.4 is 10.1 Å². The molecule has 0 aliphatic heterocycles. The first-order valence-electron chi connectivity index (χ1n) is 6.97. The molecule has 0 saturated heterocycles. The smallest absolute Gasteiger partial charge is 0.225 e. The van der Waals surface area contributed by atoms with Crippen molar-refractivity contribution in [1.29, 1.82) is 0 Å². The molecule has 0 amide bonds. The summed E-state index contributed by atoms with van der Waals surface area (Å²) in [6.45, 7) is 6.17. The summed E-state index contributed by atoms with van der Waals surface area (Å²) in [6, 6.07) is 7.56. The van der Waals surface area contributed by atoms with Crippen LogP contribution in [0.3, 0.4) is 0 Å². The Balaban J connectivity index is 2.03. The van der Waals surface area contributed by atoms with Crippen molar-refractivity contribution < 1.29 is 4.74 Å². The average Bonchev–Trinajstić information content (AvgIpc) is 2.89. The van der Waals surface area contributed by atoms with Crippen LogP contribution in [0.4, 0.5) is 5.95 Å². The first kappa shape index (κ1) is 14.2. The van der Waals surface area contributed by atoms with Crippen LogP contribution >= 0.6 is 0 Å². The summed E-state index contributed by atoms with van der Waals surface area (Å²) in [5.74, 6) is 1.34. The van der Waals surface area contributed by atoms with E-state index in [1.807, 2.05) is 24.3 Å². The molecular weight excluding hydrogens is 280 g/mol. The predicted octanol–water partition coefficient (Wildman–Crippen LogP) is 2.43. The average molecular weight is 298 g/mol. The van der Waals surface area contributed by atoms with E-state index in [0.717, 1.165) is 11.4 Å². The van der Waals surface area contributed by atoms with Gasteiger partial charge in [-0.2, -0.15) is 9.67 Å². The molecule has 0 radical (unpaired) electrons. The Labute approximate surface area is 128 Å². The highest BCUT2D eigenvalue weighted by Gasteiger charge is 2.14. The second kappa shape index (κ2) is 5.25. The highest BCUT2D eigenvalue weighted by atomic mass is 16.5. The summed E-state index contributed by atoms with van der Waals surface area (Å²) < 4.78 is 6.85. The van der Waals surface area contributed by atoms with Crippen molar-refractivity contribution in [2.75, 3.05) is 12.4 Å². The molecule has 1 N–H and O–H groups in total. The van der Waals surface area contributed by atoms with Crippen molar-refractivity contribution in [1.82, 2.24) is 25.0 Å². The SMILES string of the molecule is COc1ccc(-n2nnc3cnc(NC(C)(C)C)nc32)cc1.